The Morgan fingerprint density at radius 1 is 1.39 bits per heavy atom. The maximum atomic E-state index is 13.1. The number of nitriles is 1. The van der Waals surface area contributed by atoms with E-state index in [4.69, 9.17) is 5.26 Å². The molecule has 0 saturated carbocycles. The highest BCUT2D eigenvalue weighted by Gasteiger charge is 2.07. The van der Waals surface area contributed by atoms with Crippen LogP contribution in [0.2, 0.25) is 0 Å². The van der Waals surface area contributed by atoms with Crippen molar-refractivity contribution < 1.29 is 4.39 Å². The van der Waals surface area contributed by atoms with Crippen LogP contribution in [0.3, 0.4) is 0 Å². The van der Waals surface area contributed by atoms with Gasteiger partial charge in [0, 0.05) is 6.20 Å². The Kier molecular flexibility index (Phi) is 3.12. The van der Waals surface area contributed by atoms with Gasteiger partial charge in [0.25, 0.3) is 5.56 Å². The van der Waals surface area contributed by atoms with Gasteiger partial charge >= 0.3 is 5.69 Å². The van der Waals surface area contributed by atoms with Gasteiger partial charge in [0.05, 0.1) is 10.2 Å². The first-order chi connectivity index (χ1) is 8.52. The van der Waals surface area contributed by atoms with Crippen LogP contribution in [0.1, 0.15) is 5.56 Å². The van der Waals surface area contributed by atoms with Crippen molar-refractivity contribution in [3.05, 3.63) is 61.1 Å². The average molecular weight is 310 g/mol. The third-order valence-electron chi connectivity index (χ3n) is 2.24. The van der Waals surface area contributed by atoms with Gasteiger partial charge in [0.2, 0.25) is 0 Å². The number of nitrogens with zero attached hydrogens (tertiary/aromatic N) is 2. The van der Waals surface area contributed by atoms with Crippen LogP contribution in [0.4, 0.5) is 4.39 Å². The van der Waals surface area contributed by atoms with Gasteiger partial charge in [-0.3, -0.25) is 14.3 Å². The second-order valence-corrected chi connectivity index (χ2v) is 4.24. The topological polar surface area (TPSA) is 78.7 Å². The minimum absolute atomic E-state index is 0.177. The third kappa shape index (κ3) is 2.10. The summed E-state index contributed by atoms with van der Waals surface area (Å²) < 4.78 is 14.3. The molecule has 2 rings (SSSR count). The summed E-state index contributed by atoms with van der Waals surface area (Å²) in [6.45, 7) is 0. The van der Waals surface area contributed by atoms with Crippen LogP contribution in [0.5, 0.6) is 0 Å². The lowest BCUT2D eigenvalue weighted by Gasteiger charge is -2.05. The molecule has 0 aliphatic heterocycles. The number of hydrogen-bond donors (Lipinski definition) is 1. The Bertz CT molecular complexity index is 773. The molecule has 0 spiro atoms. The van der Waals surface area contributed by atoms with Crippen LogP contribution < -0.4 is 11.2 Å². The molecule has 7 heteroatoms. The van der Waals surface area contributed by atoms with Crippen LogP contribution in [0.25, 0.3) is 5.69 Å². The molecule has 0 fully saturated rings. The van der Waals surface area contributed by atoms with E-state index < -0.39 is 17.1 Å². The highest BCUT2D eigenvalue weighted by molar-refractivity contribution is 9.10. The predicted molar refractivity (Wildman–Crippen MR) is 65.0 cm³/mol. The molecule has 5 nitrogen and oxygen atoms in total. The number of aromatic amines is 1. The lowest BCUT2D eigenvalue weighted by molar-refractivity contribution is 0.620. The van der Waals surface area contributed by atoms with Gasteiger partial charge in [0.1, 0.15) is 17.4 Å². The first kappa shape index (κ1) is 12.3. The van der Waals surface area contributed by atoms with Crippen molar-refractivity contribution in [1.29, 1.82) is 5.26 Å². The van der Waals surface area contributed by atoms with E-state index in [1.54, 1.807) is 6.07 Å². The quantitative estimate of drug-likeness (QED) is 0.862. The van der Waals surface area contributed by atoms with Gasteiger partial charge in [-0.1, -0.05) is 0 Å². The van der Waals surface area contributed by atoms with Crippen LogP contribution in [0, 0.1) is 17.1 Å². The molecule has 1 aromatic carbocycles. The van der Waals surface area contributed by atoms with E-state index in [0.29, 0.717) is 5.69 Å². The molecule has 2 aromatic rings. The maximum Gasteiger partial charge on any atom is 0.332 e. The summed E-state index contributed by atoms with van der Waals surface area (Å²) in [5.74, 6) is -0.475. The monoisotopic (exact) mass is 309 g/mol. The van der Waals surface area contributed by atoms with Crippen molar-refractivity contribution in [1.82, 2.24) is 9.55 Å². The minimum Gasteiger partial charge on any atom is -0.273 e. The van der Waals surface area contributed by atoms with Gasteiger partial charge in [-0.05, 0) is 34.1 Å². The summed E-state index contributed by atoms with van der Waals surface area (Å²) in [5, 5.41) is 8.72. The second kappa shape index (κ2) is 4.58. The molecule has 90 valence electrons. The molecule has 0 bridgehead atoms. The Morgan fingerprint density at radius 2 is 2.11 bits per heavy atom. The Hall–Kier alpha value is -2.20. The molecule has 0 aliphatic carbocycles. The second-order valence-electron chi connectivity index (χ2n) is 3.38. The van der Waals surface area contributed by atoms with E-state index in [-0.39, 0.29) is 10.0 Å². The molecule has 0 radical (unpaired) electrons. The van der Waals surface area contributed by atoms with E-state index in [0.717, 1.165) is 10.8 Å². The number of H-pyrrole nitrogens is 1. The molecule has 1 N–H and O–H groups in total. The van der Waals surface area contributed by atoms with Gasteiger partial charge in [0.15, 0.2) is 0 Å². The molecule has 0 unspecified atom stereocenters. The van der Waals surface area contributed by atoms with E-state index in [9.17, 15) is 14.0 Å². The minimum atomic E-state index is -0.750. The van der Waals surface area contributed by atoms with Crippen molar-refractivity contribution in [3.8, 4) is 11.8 Å². The van der Waals surface area contributed by atoms with Crippen molar-refractivity contribution in [2.24, 2.45) is 0 Å². The van der Waals surface area contributed by atoms with Gasteiger partial charge in [-0.2, -0.15) is 5.26 Å². The molecule has 1 aromatic heterocycles. The van der Waals surface area contributed by atoms with Crippen molar-refractivity contribution >= 4 is 15.9 Å². The lowest BCUT2D eigenvalue weighted by Crippen LogP contribution is -2.30. The highest BCUT2D eigenvalue weighted by Crippen LogP contribution is 2.18. The first-order valence-corrected chi connectivity index (χ1v) is 5.53. The fourth-order valence-corrected chi connectivity index (χ4v) is 1.74. The van der Waals surface area contributed by atoms with Crippen LogP contribution >= 0.6 is 15.9 Å². The first-order valence-electron chi connectivity index (χ1n) is 4.74. The number of nitrogens with one attached hydrogen (secondary N) is 1. The van der Waals surface area contributed by atoms with E-state index >= 15 is 0 Å². The molecule has 0 amide bonds. The summed E-state index contributed by atoms with van der Waals surface area (Å²) in [6, 6.07) is 5.57. The summed E-state index contributed by atoms with van der Waals surface area (Å²) in [7, 11) is 0. The summed E-state index contributed by atoms with van der Waals surface area (Å²) in [6.07, 6.45) is 1.11. The molecular formula is C11H5BrFN3O2. The Morgan fingerprint density at radius 3 is 2.72 bits per heavy atom. The smallest absolute Gasteiger partial charge is 0.273 e. The Labute approximate surface area is 108 Å². The maximum absolute atomic E-state index is 13.1. The van der Waals surface area contributed by atoms with E-state index in [1.165, 1.54) is 18.2 Å². The standard InChI is InChI=1S/C11H5BrFN3O2/c12-8-3-7(1-2-9(8)13)16-5-6(4-14)10(17)15-11(16)18/h1-3,5H,(H,15,17,18). The van der Waals surface area contributed by atoms with Crippen LogP contribution in [-0.2, 0) is 0 Å². The number of rotatable bonds is 1. The fraction of sp³-hybridized carbons (Fsp3) is 0. The summed E-state index contributed by atoms with van der Waals surface area (Å²) in [5.41, 5.74) is -1.31. The number of halogens is 2. The summed E-state index contributed by atoms with van der Waals surface area (Å²) in [4.78, 5) is 24.8. The molecule has 0 atom stereocenters. The fourth-order valence-electron chi connectivity index (χ4n) is 1.38. The highest BCUT2D eigenvalue weighted by atomic mass is 79.9. The molecule has 0 saturated heterocycles. The van der Waals surface area contributed by atoms with Gasteiger partial charge in [-0.25, -0.2) is 9.18 Å². The van der Waals surface area contributed by atoms with E-state index in [2.05, 4.69) is 15.9 Å². The zero-order valence-corrected chi connectivity index (χ0v) is 10.4. The van der Waals surface area contributed by atoms with Crippen LogP contribution in [-0.4, -0.2) is 9.55 Å². The number of aromatic nitrogens is 2. The zero-order valence-electron chi connectivity index (χ0n) is 8.78. The SMILES string of the molecule is N#Cc1cn(-c2ccc(F)c(Br)c2)c(=O)[nH]c1=O. The predicted octanol–water partition coefficient (Wildman–Crippen LogP) is 1.30. The zero-order chi connectivity index (χ0) is 13.3. The van der Waals surface area contributed by atoms with Gasteiger partial charge < -0.3 is 0 Å². The third-order valence-corrected chi connectivity index (χ3v) is 2.85. The molecule has 0 aliphatic rings. The van der Waals surface area contributed by atoms with Crippen molar-refractivity contribution in [2.45, 2.75) is 0 Å². The molecule has 18 heavy (non-hydrogen) atoms. The van der Waals surface area contributed by atoms with Gasteiger partial charge in [-0.15, -0.1) is 0 Å². The molecular weight excluding hydrogens is 305 g/mol. The van der Waals surface area contributed by atoms with E-state index in [1.807, 2.05) is 4.98 Å². The largest absolute Gasteiger partial charge is 0.332 e. The van der Waals surface area contributed by atoms with Crippen molar-refractivity contribution in [3.63, 3.8) is 0 Å². The number of hydrogen-bond acceptors (Lipinski definition) is 3. The van der Waals surface area contributed by atoms with Crippen molar-refractivity contribution in [2.75, 3.05) is 0 Å². The normalized spacial score (nSPS) is 10.1. The lowest BCUT2D eigenvalue weighted by atomic mass is 10.3. The number of benzene rings is 1. The summed E-state index contributed by atoms with van der Waals surface area (Å²) >= 11 is 2.99. The average Bonchev–Trinajstić information content (AvgIpc) is 2.33. The molecule has 1 heterocycles. The Balaban J connectivity index is 2.72. The van der Waals surface area contributed by atoms with Crippen LogP contribution in [0.15, 0.2) is 38.5 Å².